The van der Waals surface area contributed by atoms with Crippen molar-refractivity contribution in [2.45, 2.75) is 0 Å². The predicted molar refractivity (Wildman–Crippen MR) is 101 cm³/mol. The van der Waals surface area contributed by atoms with Gasteiger partial charge in [0.1, 0.15) is 0 Å². The van der Waals surface area contributed by atoms with Crippen LogP contribution in [0.3, 0.4) is 0 Å². The summed E-state index contributed by atoms with van der Waals surface area (Å²) in [5.41, 5.74) is 3.46. The fourth-order valence-corrected chi connectivity index (χ4v) is 3.47. The van der Waals surface area contributed by atoms with Crippen molar-refractivity contribution in [1.82, 2.24) is 4.98 Å². The Balaban J connectivity index is 0.00000157. The second-order valence-corrected chi connectivity index (χ2v) is 5.99. The number of hydrogen-bond donors (Lipinski definition) is 0. The number of hydrogen-bond acceptors (Lipinski definition) is 1. The van der Waals surface area contributed by atoms with Gasteiger partial charge >= 0.3 is 0 Å². The van der Waals surface area contributed by atoms with Crippen LogP contribution in [-0.4, -0.2) is 4.98 Å². The summed E-state index contributed by atoms with van der Waals surface area (Å²) in [6.45, 7) is 0. The molecule has 0 spiro atoms. The molecule has 121 valence electrons. The van der Waals surface area contributed by atoms with Crippen molar-refractivity contribution < 1.29 is 20.1 Å². The molecule has 0 bridgehead atoms. The first-order chi connectivity index (χ1) is 11.9. The van der Waals surface area contributed by atoms with E-state index in [0.717, 1.165) is 10.9 Å². The average Bonchev–Trinajstić information content (AvgIpc) is 2.67. The first kappa shape index (κ1) is 16.0. The SMILES string of the molecule is [Ir].[c-]1ccc(-c2ccccc2)c2ccc3c4ccccc4cnc3c12. The van der Waals surface area contributed by atoms with E-state index in [9.17, 15) is 0 Å². The molecule has 1 radical (unpaired) electrons. The zero-order valence-corrected chi connectivity index (χ0v) is 15.8. The second-order valence-electron chi connectivity index (χ2n) is 5.99. The Hall–Kier alpha value is -2.54. The van der Waals surface area contributed by atoms with Gasteiger partial charge in [-0.3, -0.25) is 0 Å². The van der Waals surface area contributed by atoms with Crippen LogP contribution in [0.25, 0.3) is 43.6 Å². The van der Waals surface area contributed by atoms with E-state index in [4.69, 9.17) is 4.98 Å². The summed E-state index contributed by atoms with van der Waals surface area (Å²) in [6, 6.07) is 30.8. The fraction of sp³-hybridized carbons (Fsp3) is 0. The Bertz CT molecular complexity index is 1200. The molecular weight excluding hydrogens is 482 g/mol. The van der Waals surface area contributed by atoms with Gasteiger partial charge in [0.2, 0.25) is 0 Å². The maximum absolute atomic E-state index is 4.74. The molecule has 1 nitrogen and oxygen atoms in total. The molecular formula is C23H14IrN-. The average molecular weight is 497 g/mol. The number of nitrogens with zero attached hydrogens (tertiary/aromatic N) is 1. The van der Waals surface area contributed by atoms with E-state index in [1.807, 2.05) is 18.3 Å². The topological polar surface area (TPSA) is 12.9 Å². The summed E-state index contributed by atoms with van der Waals surface area (Å²) in [4.78, 5) is 4.74. The molecule has 0 aliphatic heterocycles. The van der Waals surface area contributed by atoms with E-state index in [1.165, 1.54) is 32.7 Å². The van der Waals surface area contributed by atoms with Crippen molar-refractivity contribution in [2.75, 3.05) is 0 Å². The quantitative estimate of drug-likeness (QED) is 0.205. The van der Waals surface area contributed by atoms with E-state index >= 15 is 0 Å². The smallest absolute Gasteiger partial charge is 0.0239 e. The third-order valence-corrected chi connectivity index (χ3v) is 4.61. The van der Waals surface area contributed by atoms with Gasteiger partial charge in [0.15, 0.2) is 0 Å². The van der Waals surface area contributed by atoms with Gasteiger partial charge in [0, 0.05) is 26.3 Å². The molecule has 5 rings (SSSR count). The molecule has 0 saturated carbocycles. The minimum atomic E-state index is 0. The van der Waals surface area contributed by atoms with Crippen LogP contribution >= 0.6 is 0 Å². The van der Waals surface area contributed by atoms with Gasteiger partial charge < -0.3 is 4.98 Å². The number of pyridine rings is 1. The monoisotopic (exact) mass is 497 g/mol. The summed E-state index contributed by atoms with van der Waals surface area (Å²) in [5, 5.41) is 5.87. The van der Waals surface area contributed by atoms with Crippen molar-refractivity contribution in [3.8, 4) is 11.1 Å². The Morgan fingerprint density at radius 3 is 2.32 bits per heavy atom. The van der Waals surface area contributed by atoms with Crippen molar-refractivity contribution >= 4 is 32.4 Å². The molecule has 0 aliphatic carbocycles. The maximum Gasteiger partial charge on any atom is 0.0239 e. The summed E-state index contributed by atoms with van der Waals surface area (Å²) < 4.78 is 0. The van der Waals surface area contributed by atoms with Crippen LogP contribution in [0.15, 0.2) is 85.1 Å². The Morgan fingerprint density at radius 2 is 1.44 bits per heavy atom. The van der Waals surface area contributed by atoms with Crippen LogP contribution in [0.2, 0.25) is 0 Å². The van der Waals surface area contributed by atoms with E-state index in [0.29, 0.717) is 0 Å². The maximum atomic E-state index is 4.74. The molecule has 2 heteroatoms. The molecule has 0 aliphatic rings. The minimum absolute atomic E-state index is 0. The van der Waals surface area contributed by atoms with E-state index < -0.39 is 0 Å². The van der Waals surface area contributed by atoms with Gasteiger partial charge in [-0.15, -0.1) is 23.6 Å². The third-order valence-electron chi connectivity index (χ3n) is 4.61. The molecule has 1 aromatic heterocycles. The zero-order chi connectivity index (χ0) is 15.9. The van der Waals surface area contributed by atoms with Crippen LogP contribution in [0, 0.1) is 6.07 Å². The van der Waals surface area contributed by atoms with Crippen molar-refractivity contribution in [2.24, 2.45) is 0 Å². The first-order valence-electron chi connectivity index (χ1n) is 8.08. The van der Waals surface area contributed by atoms with Crippen molar-refractivity contribution in [3.05, 3.63) is 91.1 Å². The molecule has 4 aromatic carbocycles. The Labute approximate surface area is 159 Å². The standard InChI is InChI=1S/C23H14N.Ir/c1-2-7-16(8-3-1)18-11-6-12-21-20(18)13-14-22-19-10-5-4-9-17(19)15-24-23(21)22;/h1-11,13-15H;/q-1;. The molecule has 0 saturated heterocycles. The van der Waals surface area contributed by atoms with E-state index in [1.54, 1.807) is 0 Å². The van der Waals surface area contributed by atoms with Crippen LogP contribution in [0.1, 0.15) is 0 Å². The Morgan fingerprint density at radius 1 is 0.680 bits per heavy atom. The third kappa shape index (κ3) is 2.55. The fourth-order valence-electron chi connectivity index (χ4n) is 3.47. The van der Waals surface area contributed by atoms with Crippen LogP contribution < -0.4 is 0 Å². The Kier molecular flexibility index (Phi) is 4.09. The summed E-state index contributed by atoms with van der Waals surface area (Å²) in [7, 11) is 0. The molecule has 0 atom stereocenters. The zero-order valence-electron chi connectivity index (χ0n) is 13.4. The molecule has 0 amide bonds. The second kappa shape index (κ2) is 6.40. The summed E-state index contributed by atoms with van der Waals surface area (Å²) in [5.74, 6) is 0. The molecule has 5 aromatic rings. The number of rotatable bonds is 1. The largest absolute Gasteiger partial charge is 0.303 e. The minimum Gasteiger partial charge on any atom is -0.303 e. The molecule has 0 unspecified atom stereocenters. The summed E-state index contributed by atoms with van der Waals surface area (Å²) >= 11 is 0. The number of fused-ring (bicyclic) bond motifs is 5. The first-order valence-corrected chi connectivity index (χ1v) is 8.08. The summed E-state index contributed by atoms with van der Waals surface area (Å²) in [6.07, 6.45) is 1.96. The molecule has 0 fully saturated rings. The molecule has 0 N–H and O–H groups in total. The van der Waals surface area contributed by atoms with Crippen LogP contribution in [0.5, 0.6) is 0 Å². The van der Waals surface area contributed by atoms with E-state index in [-0.39, 0.29) is 20.1 Å². The van der Waals surface area contributed by atoms with E-state index in [2.05, 4.69) is 72.8 Å². The van der Waals surface area contributed by atoms with Gasteiger partial charge in [0.25, 0.3) is 0 Å². The predicted octanol–water partition coefficient (Wildman–Crippen LogP) is 6.01. The van der Waals surface area contributed by atoms with Gasteiger partial charge in [-0.25, -0.2) is 0 Å². The van der Waals surface area contributed by atoms with Crippen LogP contribution in [0.4, 0.5) is 0 Å². The van der Waals surface area contributed by atoms with Crippen molar-refractivity contribution in [3.63, 3.8) is 0 Å². The van der Waals surface area contributed by atoms with Gasteiger partial charge in [-0.2, -0.15) is 0 Å². The van der Waals surface area contributed by atoms with Gasteiger partial charge in [-0.1, -0.05) is 77.7 Å². The van der Waals surface area contributed by atoms with Crippen LogP contribution in [-0.2, 0) is 20.1 Å². The normalized spacial score (nSPS) is 10.9. The molecule has 25 heavy (non-hydrogen) atoms. The van der Waals surface area contributed by atoms with Crippen molar-refractivity contribution in [1.29, 1.82) is 0 Å². The number of aromatic nitrogens is 1. The molecule has 1 heterocycles. The van der Waals surface area contributed by atoms with Gasteiger partial charge in [0.05, 0.1) is 0 Å². The van der Waals surface area contributed by atoms with Gasteiger partial charge in [-0.05, 0) is 27.2 Å². The number of benzene rings is 4.